The van der Waals surface area contributed by atoms with Crippen LogP contribution in [0.15, 0.2) is 53.3 Å². The van der Waals surface area contributed by atoms with E-state index in [0.717, 1.165) is 22.5 Å². The van der Waals surface area contributed by atoms with E-state index in [-0.39, 0.29) is 17.3 Å². The van der Waals surface area contributed by atoms with Gasteiger partial charge in [0.05, 0.1) is 16.6 Å². The van der Waals surface area contributed by atoms with E-state index in [9.17, 15) is 9.59 Å². The molecule has 0 spiro atoms. The van der Waals surface area contributed by atoms with Crippen molar-refractivity contribution >= 4 is 28.5 Å². The number of Topliss-reactive ketones (excluding diaryl/α,β-unsaturated/α-hetero) is 1. The van der Waals surface area contributed by atoms with Crippen LogP contribution in [0.25, 0.3) is 16.6 Å². The molecule has 180 valence electrons. The largest absolute Gasteiger partial charge is 0.370 e. The van der Waals surface area contributed by atoms with Crippen molar-refractivity contribution in [3.05, 3.63) is 81.5 Å². The van der Waals surface area contributed by atoms with E-state index >= 15 is 0 Å². The SMILES string of the molecule is CC(=O)CCc1c(C)nc(N)nc1NCCCc1nc2cccc(C)c2c(=O)n1-c1ccccc1. The molecule has 4 aromatic rings. The number of anilines is 2. The molecule has 2 aromatic heterocycles. The molecule has 0 fully saturated rings. The molecule has 8 nitrogen and oxygen atoms in total. The average molecular weight is 471 g/mol. The number of hydrogen-bond donors (Lipinski definition) is 2. The topological polar surface area (TPSA) is 116 Å². The van der Waals surface area contributed by atoms with Gasteiger partial charge in [-0.05, 0) is 57.4 Å². The molecule has 0 unspecified atom stereocenters. The highest BCUT2D eigenvalue weighted by molar-refractivity contribution is 5.81. The van der Waals surface area contributed by atoms with Crippen molar-refractivity contribution in [1.29, 1.82) is 0 Å². The maximum Gasteiger partial charge on any atom is 0.266 e. The summed E-state index contributed by atoms with van der Waals surface area (Å²) < 4.78 is 1.71. The molecule has 3 N–H and O–H groups in total. The Morgan fingerprint density at radius 2 is 1.77 bits per heavy atom. The van der Waals surface area contributed by atoms with E-state index in [1.165, 1.54) is 0 Å². The summed E-state index contributed by atoms with van der Waals surface area (Å²) in [6.45, 7) is 5.98. The van der Waals surface area contributed by atoms with Gasteiger partial charge >= 0.3 is 0 Å². The zero-order valence-corrected chi connectivity index (χ0v) is 20.3. The summed E-state index contributed by atoms with van der Waals surface area (Å²) >= 11 is 0. The van der Waals surface area contributed by atoms with Gasteiger partial charge in [0.1, 0.15) is 17.4 Å². The van der Waals surface area contributed by atoms with E-state index in [2.05, 4.69) is 15.3 Å². The normalized spacial score (nSPS) is 11.1. The van der Waals surface area contributed by atoms with Crippen LogP contribution in [-0.4, -0.2) is 31.8 Å². The van der Waals surface area contributed by atoms with Gasteiger partial charge in [0, 0.05) is 30.6 Å². The first-order valence-electron chi connectivity index (χ1n) is 11.8. The van der Waals surface area contributed by atoms with E-state index in [1.807, 2.05) is 62.4 Å². The average Bonchev–Trinajstić information content (AvgIpc) is 2.81. The molecule has 0 amide bonds. The Balaban J connectivity index is 1.59. The third-order valence-electron chi connectivity index (χ3n) is 6.02. The minimum atomic E-state index is -0.0621. The number of nitrogens with one attached hydrogen (secondary N) is 1. The second kappa shape index (κ2) is 10.5. The minimum absolute atomic E-state index is 0.0621. The van der Waals surface area contributed by atoms with Crippen LogP contribution in [0, 0.1) is 13.8 Å². The number of nitrogens with zero attached hydrogens (tertiary/aromatic N) is 4. The van der Waals surface area contributed by atoms with Gasteiger partial charge in [0.2, 0.25) is 5.95 Å². The number of benzene rings is 2. The van der Waals surface area contributed by atoms with Crippen LogP contribution < -0.4 is 16.6 Å². The molecule has 2 heterocycles. The van der Waals surface area contributed by atoms with Gasteiger partial charge in [-0.1, -0.05) is 30.3 Å². The standard InChI is InChI=1S/C27H30N6O2/c1-17-9-7-12-22-24(17)26(35)33(20-10-5-4-6-11-20)23(31-22)13-8-16-29-25-21(15-14-18(2)34)19(3)30-27(28)32-25/h4-7,9-12H,8,13-16H2,1-3H3,(H3,28,29,30,32). The van der Waals surface area contributed by atoms with Gasteiger partial charge in [-0.2, -0.15) is 4.98 Å². The highest BCUT2D eigenvalue weighted by Crippen LogP contribution is 2.20. The number of ketones is 1. The van der Waals surface area contributed by atoms with Crippen molar-refractivity contribution in [3.8, 4) is 5.69 Å². The van der Waals surface area contributed by atoms with Crippen LogP contribution in [0.5, 0.6) is 0 Å². The van der Waals surface area contributed by atoms with Crippen molar-refractivity contribution in [2.75, 3.05) is 17.6 Å². The third-order valence-corrected chi connectivity index (χ3v) is 6.02. The van der Waals surface area contributed by atoms with Crippen molar-refractivity contribution in [2.45, 2.75) is 46.5 Å². The molecule has 0 aliphatic heterocycles. The Bertz CT molecular complexity index is 1430. The van der Waals surface area contributed by atoms with Crippen LogP contribution in [0.2, 0.25) is 0 Å². The van der Waals surface area contributed by atoms with Gasteiger partial charge < -0.3 is 15.8 Å². The molecule has 0 bridgehead atoms. The van der Waals surface area contributed by atoms with E-state index < -0.39 is 0 Å². The lowest BCUT2D eigenvalue weighted by atomic mass is 10.1. The Morgan fingerprint density at radius 3 is 2.51 bits per heavy atom. The summed E-state index contributed by atoms with van der Waals surface area (Å²) in [4.78, 5) is 38.5. The summed E-state index contributed by atoms with van der Waals surface area (Å²) in [6.07, 6.45) is 2.28. The summed E-state index contributed by atoms with van der Waals surface area (Å²) in [5.74, 6) is 1.67. The Labute approximate surface area is 204 Å². The van der Waals surface area contributed by atoms with E-state index in [1.54, 1.807) is 11.5 Å². The van der Waals surface area contributed by atoms with Gasteiger partial charge in [0.25, 0.3) is 5.56 Å². The lowest BCUT2D eigenvalue weighted by Gasteiger charge is -2.16. The second-order valence-electron chi connectivity index (χ2n) is 8.70. The highest BCUT2D eigenvalue weighted by atomic mass is 16.1. The number of para-hydroxylation sites is 1. The third kappa shape index (κ3) is 5.37. The number of carbonyl (C=O) groups excluding carboxylic acids is 1. The van der Waals surface area contributed by atoms with Crippen LogP contribution in [0.3, 0.4) is 0 Å². The molecule has 0 aliphatic carbocycles. The van der Waals surface area contributed by atoms with Crippen molar-refractivity contribution in [2.24, 2.45) is 0 Å². The number of hydrogen-bond acceptors (Lipinski definition) is 7. The van der Waals surface area contributed by atoms with Crippen molar-refractivity contribution < 1.29 is 4.79 Å². The maximum absolute atomic E-state index is 13.5. The number of aromatic nitrogens is 4. The number of aryl methyl sites for hydroxylation is 3. The van der Waals surface area contributed by atoms with Gasteiger partial charge in [0.15, 0.2) is 0 Å². The molecule has 8 heteroatoms. The predicted octanol–water partition coefficient (Wildman–Crippen LogP) is 3.94. The van der Waals surface area contributed by atoms with Crippen molar-refractivity contribution in [1.82, 2.24) is 19.5 Å². The smallest absolute Gasteiger partial charge is 0.266 e. The monoisotopic (exact) mass is 470 g/mol. The first-order chi connectivity index (χ1) is 16.8. The molecule has 4 rings (SSSR count). The minimum Gasteiger partial charge on any atom is -0.370 e. The second-order valence-corrected chi connectivity index (χ2v) is 8.70. The van der Waals surface area contributed by atoms with E-state index in [4.69, 9.17) is 10.7 Å². The molecular formula is C27H30N6O2. The summed E-state index contributed by atoms with van der Waals surface area (Å²) in [5, 5.41) is 3.99. The summed E-state index contributed by atoms with van der Waals surface area (Å²) in [6, 6.07) is 15.3. The maximum atomic E-state index is 13.5. The number of fused-ring (bicyclic) bond motifs is 1. The van der Waals surface area contributed by atoms with Gasteiger partial charge in [-0.25, -0.2) is 9.97 Å². The Morgan fingerprint density at radius 1 is 1.00 bits per heavy atom. The first kappa shape index (κ1) is 24.1. The fourth-order valence-corrected chi connectivity index (χ4v) is 4.27. The van der Waals surface area contributed by atoms with Crippen LogP contribution in [0.4, 0.5) is 11.8 Å². The number of rotatable bonds is 9. The van der Waals surface area contributed by atoms with Crippen molar-refractivity contribution in [3.63, 3.8) is 0 Å². The van der Waals surface area contributed by atoms with Gasteiger partial charge in [-0.3, -0.25) is 9.36 Å². The fourth-order valence-electron chi connectivity index (χ4n) is 4.27. The fraction of sp³-hybridized carbons (Fsp3) is 0.296. The highest BCUT2D eigenvalue weighted by Gasteiger charge is 2.15. The van der Waals surface area contributed by atoms with Crippen LogP contribution >= 0.6 is 0 Å². The number of nitrogen functional groups attached to an aromatic ring is 1. The molecule has 0 aliphatic rings. The summed E-state index contributed by atoms with van der Waals surface area (Å²) in [7, 11) is 0. The molecule has 0 saturated carbocycles. The molecular weight excluding hydrogens is 440 g/mol. The van der Waals surface area contributed by atoms with E-state index in [0.29, 0.717) is 54.8 Å². The zero-order chi connectivity index (χ0) is 24.9. The van der Waals surface area contributed by atoms with Crippen LogP contribution in [0.1, 0.15) is 42.4 Å². The molecule has 0 saturated heterocycles. The number of carbonyl (C=O) groups is 1. The quantitative estimate of drug-likeness (QED) is 0.356. The molecule has 35 heavy (non-hydrogen) atoms. The Kier molecular flexibility index (Phi) is 7.19. The number of nitrogens with two attached hydrogens (primary N) is 1. The Hall–Kier alpha value is -4.07. The predicted molar refractivity (Wildman–Crippen MR) is 139 cm³/mol. The molecule has 0 atom stereocenters. The van der Waals surface area contributed by atoms with Gasteiger partial charge in [-0.15, -0.1) is 0 Å². The zero-order valence-electron chi connectivity index (χ0n) is 20.3. The summed E-state index contributed by atoms with van der Waals surface area (Å²) in [5.41, 5.74) is 9.88. The lowest BCUT2D eigenvalue weighted by molar-refractivity contribution is -0.116. The molecule has 2 aromatic carbocycles. The lowest BCUT2D eigenvalue weighted by Crippen LogP contribution is -2.25. The molecule has 0 radical (unpaired) electrons. The van der Waals surface area contributed by atoms with Crippen LogP contribution in [-0.2, 0) is 17.6 Å². The first-order valence-corrected chi connectivity index (χ1v) is 11.8.